The fourth-order valence-corrected chi connectivity index (χ4v) is 1.99. The summed E-state index contributed by atoms with van der Waals surface area (Å²) in [5, 5.41) is 4.16. The minimum atomic E-state index is 0.0742. The Morgan fingerprint density at radius 1 is 1.44 bits per heavy atom. The number of aryl methyl sites for hydroxylation is 3. The Balaban J connectivity index is 2.01. The van der Waals surface area contributed by atoms with Crippen molar-refractivity contribution in [3.63, 3.8) is 0 Å². The Morgan fingerprint density at radius 2 is 2.28 bits per heavy atom. The fraction of sp³-hybridized carbons (Fsp3) is 0.385. The van der Waals surface area contributed by atoms with E-state index >= 15 is 0 Å². The maximum Gasteiger partial charge on any atom is 0.0635 e. The van der Waals surface area contributed by atoms with Gasteiger partial charge in [0.2, 0.25) is 0 Å². The summed E-state index contributed by atoms with van der Waals surface area (Å²) in [5.41, 5.74) is 6.04. The van der Waals surface area contributed by atoms with E-state index in [0.29, 0.717) is 0 Å². The van der Waals surface area contributed by atoms with Crippen LogP contribution >= 0.6 is 0 Å². The van der Waals surface area contributed by atoms with Gasteiger partial charge in [-0.2, -0.15) is 5.10 Å². The molecule has 0 saturated carbocycles. The minimum Gasteiger partial charge on any atom is -0.276 e. The molecule has 0 saturated heterocycles. The molecule has 5 nitrogen and oxygen atoms in total. The lowest BCUT2D eigenvalue weighted by Gasteiger charge is -2.15. The SMILES string of the molecule is Cc1cccc(C(CCc2cnn(C)c2)NN)n1. The lowest BCUT2D eigenvalue weighted by molar-refractivity contribution is 0.503. The third kappa shape index (κ3) is 3.15. The highest BCUT2D eigenvalue weighted by molar-refractivity contribution is 5.14. The number of hydrogen-bond acceptors (Lipinski definition) is 4. The van der Waals surface area contributed by atoms with Gasteiger partial charge in [-0.25, -0.2) is 0 Å². The summed E-state index contributed by atoms with van der Waals surface area (Å²) in [6.45, 7) is 1.98. The van der Waals surface area contributed by atoms with Crippen molar-refractivity contribution in [3.8, 4) is 0 Å². The van der Waals surface area contributed by atoms with E-state index in [1.165, 1.54) is 5.56 Å². The Labute approximate surface area is 107 Å². The molecule has 0 aliphatic rings. The predicted octanol–water partition coefficient (Wildman–Crippen LogP) is 1.26. The molecule has 0 amide bonds. The number of nitrogens with two attached hydrogens (primary N) is 1. The van der Waals surface area contributed by atoms with Crippen LogP contribution in [0, 0.1) is 6.92 Å². The van der Waals surface area contributed by atoms with Gasteiger partial charge < -0.3 is 0 Å². The third-order valence-corrected chi connectivity index (χ3v) is 2.95. The van der Waals surface area contributed by atoms with Gasteiger partial charge in [0.1, 0.15) is 0 Å². The molecule has 3 N–H and O–H groups in total. The summed E-state index contributed by atoms with van der Waals surface area (Å²) in [6, 6.07) is 6.07. The molecular weight excluding hydrogens is 226 g/mol. The van der Waals surface area contributed by atoms with E-state index in [1.54, 1.807) is 0 Å². The molecule has 96 valence electrons. The zero-order chi connectivity index (χ0) is 13.0. The topological polar surface area (TPSA) is 68.8 Å². The van der Waals surface area contributed by atoms with Crippen LogP contribution in [0.15, 0.2) is 30.6 Å². The van der Waals surface area contributed by atoms with Crippen molar-refractivity contribution in [3.05, 3.63) is 47.5 Å². The summed E-state index contributed by atoms with van der Waals surface area (Å²) in [4.78, 5) is 4.50. The number of hydrogen-bond donors (Lipinski definition) is 2. The smallest absolute Gasteiger partial charge is 0.0635 e. The Kier molecular flexibility index (Phi) is 4.07. The molecule has 2 aromatic heterocycles. The van der Waals surface area contributed by atoms with E-state index in [4.69, 9.17) is 5.84 Å². The van der Waals surface area contributed by atoms with Gasteiger partial charge in [-0.1, -0.05) is 6.07 Å². The second-order valence-electron chi connectivity index (χ2n) is 4.48. The number of nitrogens with zero attached hydrogens (tertiary/aromatic N) is 3. The monoisotopic (exact) mass is 245 g/mol. The van der Waals surface area contributed by atoms with Crippen molar-refractivity contribution in [1.29, 1.82) is 0 Å². The highest BCUT2D eigenvalue weighted by Crippen LogP contribution is 2.16. The molecule has 18 heavy (non-hydrogen) atoms. The highest BCUT2D eigenvalue weighted by atomic mass is 15.2. The van der Waals surface area contributed by atoms with E-state index in [-0.39, 0.29) is 6.04 Å². The van der Waals surface area contributed by atoms with E-state index in [0.717, 1.165) is 24.2 Å². The van der Waals surface area contributed by atoms with E-state index < -0.39 is 0 Å². The molecule has 1 atom stereocenters. The summed E-state index contributed by atoms with van der Waals surface area (Å²) in [5.74, 6) is 5.61. The van der Waals surface area contributed by atoms with Crippen LogP contribution in [0.5, 0.6) is 0 Å². The lowest BCUT2D eigenvalue weighted by atomic mass is 10.0. The van der Waals surface area contributed by atoms with E-state index in [1.807, 2.05) is 49.2 Å². The largest absolute Gasteiger partial charge is 0.276 e. The molecular formula is C13H19N5. The first-order valence-electron chi connectivity index (χ1n) is 6.06. The van der Waals surface area contributed by atoms with Crippen molar-refractivity contribution >= 4 is 0 Å². The zero-order valence-electron chi connectivity index (χ0n) is 10.8. The molecule has 2 rings (SSSR count). The molecule has 0 fully saturated rings. The molecule has 2 aromatic rings. The van der Waals surface area contributed by atoms with Crippen LogP contribution in [0.4, 0.5) is 0 Å². The fourth-order valence-electron chi connectivity index (χ4n) is 1.99. The first-order chi connectivity index (χ1) is 8.69. The molecule has 0 aromatic carbocycles. The first-order valence-corrected chi connectivity index (χ1v) is 6.06. The summed E-state index contributed by atoms with van der Waals surface area (Å²) < 4.78 is 1.81. The van der Waals surface area contributed by atoms with Gasteiger partial charge >= 0.3 is 0 Å². The van der Waals surface area contributed by atoms with Crippen LogP contribution in [0.2, 0.25) is 0 Å². The number of nitrogens with one attached hydrogen (secondary N) is 1. The summed E-state index contributed by atoms with van der Waals surface area (Å²) >= 11 is 0. The van der Waals surface area contributed by atoms with Crippen LogP contribution in [0.1, 0.15) is 29.4 Å². The van der Waals surface area contributed by atoms with Gasteiger partial charge in [0, 0.05) is 18.9 Å². The Morgan fingerprint density at radius 3 is 2.89 bits per heavy atom. The van der Waals surface area contributed by atoms with Crippen LogP contribution in [0.3, 0.4) is 0 Å². The van der Waals surface area contributed by atoms with Gasteiger partial charge in [0.15, 0.2) is 0 Å². The zero-order valence-corrected chi connectivity index (χ0v) is 10.8. The van der Waals surface area contributed by atoms with Crippen molar-refractivity contribution in [1.82, 2.24) is 20.2 Å². The van der Waals surface area contributed by atoms with Gasteiger partial charge in [0.25, 0.3) is 0 Å². The molecule has 0 bridgehead atoms. The number of aromatic nitrogens is 3. The quantitative estimate of drug-likeness (QED) is 0.614. The molecule has 0 aliphatic heterocycles. The molecule has 2 heterocycles. The summed E-state index contributed by atoms with van der Waals surface area (Å²) in [6.07, 6.45) is 5.74. The minimum absolute atomic E-state index is 0.0742. The van der Waals surface area contributed by atoms with Gasteiger partial charge in [-0.15, -0.1) is 0 Å². The number of pyridine rings is 1. The van der Waals surface area contributed by atoms with Gasteiger partial charge in [-0.05, 0) is 37.5 Å². The lowest BCUT2D eigenvalue weighted by Crippen LogP contribution is -2.29. The normalized spacial score (nSPS) is 12.6. The second kappa shape index (κ2) is 5.75. The molecule has 1 unspecified atom stereocenters. The van der Waals surface area contributed by atoms with Crippen molar-refractivity contribution in [2.24, 2.45) is 12.9 Å². The second-order valence-corrected chi connectivity index (χ2v) is 4.48. The maximum atomic E-state index is 5.61. The Bertz CT molecular complexity index is 506. The standard InChI is InChI=1S/C13H19N5/c1-10-4-3-5-12(16-10)13(17-14)7-6-11-8-15-18(2)9-11/h3-5,8-9,13,17H,6-7,14H2,1-2H3. The average molecular weight is 245 g/mol. The van der Waals surface area contributed by atoms with E-state index in [9.17, 15) is 0 Å². The van der Waals surface area contributed by atoms with Gasteiger partial charge in [0.05, 0.1) is 17.9 Å². The predicted molar refractivity (Wildman–Crippen MR) is 70.6 cm³/mol. The number of rotatable bonds is 5. The van der Waals surface area contributed by atoms with Crippen LogP contribution in [-0.4, -0.2) is 14.8 Å². The average Bonchev–Trinajstić information content (AvgIpc) is 2.76. The van der Waals surface area contributed by atoms with Crippen LogP contribution < -0.4 is 11.3 Å². The van der Waals surface area contributed by atoms with Crippen molar-refractivity contribution < 1.29 is 0 Å². The highest BCUT2D eigenvalue weighted by Gasteiger charge is 2.11. The third-order valence-electron chi connectivity index (χ3n) is 2.95. The molecule has 0 aliphatic carbocycles. The van der Waals surface area contributed by atoms with Gasteiger partial charge in [-0.3, -0.25) is 20.9 Å². The molecule has 5 heteroatoms. The molecule has 0 spiro atoms. The van der Waals surface area contributed by atoms with Crippen molar-refractivity contribution in [2.45, 2.75) is 25.8 Å². The van der Waals surface area contributed by atoms with Crippen LogP contribution in [-0.2, 0) is 13.5 Å². The first kappa shape index (κ1) is 12.7. The van der Waals surface area contributed by atoms with E-state index in [2.05, 4.69) is 15.5 Å². The number of hydrazine groups is 1. The Hall–Kier alpha value is -1.72. The summed E-state index contributed by atoms with van der Waals surface area (Å²) in [7, 11) is 1.92. The van der Waals surface area contributed by atoms with Crippen molar-refractivity contribution in [2.75, 3.05) is 0 Å². The maximum absolute atomic E-state index is 5.61. The van der Waals surface area contributed by atoms with Crippen LogP contribution in [0.25, 0.3) is 0 Å². The molecule has 0 radical (unpaired) electrons.